The van der Waals surface area contributed by atoms with Crippen LogP contribution in [0, 0.1) is 0 Å². The van der Waals surface area contributed by atoms with Crippen LogP contribution in [0.3, 0.4) is 0 Å². The summed E-state index contributed by atoms with van der Waals surface area (Å²) < 4.78 is 10.9. The van der Waals surface area contributed by atoms with Gasteiger partial charge in [0.05, 0.1) is 29.1 Å². The van der Waals surface area contributed by atoms with E-state index in [9.17, 15) is 9.59 Å². The summed E-state index contributed by atoms with van der Waals surface area (Å²) in [4.78, 5) is 27.9. The molecular formula is C22H25NO4S. The van der Waals surface area contributed by atoms with Crippen molar-refractivity contribution in [3.63, 3.8) is 0 Å². The van der Waals surface area contributed by atoms with E-state index in [1.165, 1.54) is 16.7 Å². The van der Waals surface area contributed by atoms with Crippen molar-refractivity contribution in [3.05, 3.63) is 58.9 Å². The molecule has 1 aromatic carbocycles. The average Bonchev–Trinajstić information content (AvgIpc) is 3.29. The fourth-order valence-electron chi connectivity index (χ4n) is 3.09. The average molecular weight is 400 g/mol. The summed E-state index contributed by atoms with van der Waals surface area (Å²) in [6.07, 6.45) is 4.46. The molecule has 0 unspecified atom stereocenters. The Hall–Kier alpha value is -2.47. The topological polar surface area (TPSA) is 59.8 Å². The Morgan fingerprint density at radius 3 is 2.46 bits per heavy atom. The maximum atomic E-state index is 13.1. The van der Waals surface area contributed by atoms with Crippen LogP contribution < -0.4 is 4.74 Å². The molecule has 1 aromatic heterocycles. The second-order valence-electron chi connectivity index (χ2n) is 6.50. The number of carbonyl (C=O) groups is 2. The summed E-state index contributed by atoms with van der Waals surface area (Å²) in [6, 6.07) is 11.0. The number of carbonyl (C=O) groups excluding carboxylic acids is 2. The predicted molar refractivity (Wildman–Crippen MR) is 111 cm³/mol. The van der Waals surface area contributed by atoms with Crippen LogP contribution in [0.15, 0.2) is 52.0 Å². The number of imide groups is 1. The summed E-state index contributed by atoms with van der Waals surface area (Å²) in [6.45, 7) is 5.06. The van der Waals surface area contributed by atoms with E-state index in [4.69, 9.17) is 9.15 Å². The smallest absolute Gasteiger partial charge is 0.267 e. The van der Waals surface area contributed by atoms with Crippen LogP contribution in [0.25, 0.3) is 5.57 Å². The Labute approximate surface area is 169 Å². The lowest BCUT2D eigenvalue weighted by Crippen LogP contribution is -2.32. The highest BCUT2D eigenvalue weighted by atomic mass is 32.2. The van der Waals surface area contributed by atoms with Gasteiger partial charge in [0.2, 0.25) is 0 Å². The van der Waals surface area contributed by atoms with E-state index >= 15 is 0 Å². The Kier molecular flexibility index (Phi) is 6.98. The molecule has 0 bridgehead atoms. The summed E-state index contributed by atoms with van der Waals surface area (Å²) in [7, 11) is 0. The van der Waals surface area contributed by atoms with E-state index in [0.29, 0.717) is 29.4 Å². The van der Waals surface area contributed by atoms with Gasteiger partial charge in [-0.1, -0.05) is 31.9 Å². The van der Waals surface area contributed by atoms with Crippen LogP contribution in [0.5, 0.6) is 5.75 Å². The molecule has 3 rings (SSSR count). The normalized spacial score (nSPS) is 14.3. The highest BCUT2D eigenvalue weighted by Gasteiger charge is 2.38. The number of thioether (sulfide) groups is 1. The van der Waals surface area contributed by atoms with E-state index in [1.807, 2.05) is 43.3 Å². The van der Waals surface area contributed by atoms with Gasteiger partial charge in [-0.05, 0) is 43.2 Å². The van der Waals surface area contributed by atoms with Gasteiger partial charge in [0.1, 0.15) is 11.5 Å². The van der Waals surface area contributed by atoms with E-state index < -0.39 is 0 Å². The first-order valence-corrected chi connectivity index (χ1v) is 10.6. The maximum absolute atomic E-state index is 13.1. The number of hydrogen-bond acceptors (Lipinski definition) is 5. The van der Waals surface area contributed by atoms with Crippen molar-refractivity contribution in [3.8, 4) is 5.75 Å². The minimum Gasteiger partial charge on any atom is -0.494 e. The SMILES string of the molecule is CCCCCN1C(=O)C(SCc2ccco2)=C(c2ccc(OCC)cc2)C1=O. The monoisotopic (exact) mass is 399 g/mol. The van der Waals surface area contributed by atoms with Crippen molar-refractivity contribution in [1.82, 2.24) is 4.90 Å². The van der Waals surface area contributed by atoms with Gasteiger partial charge in [-0.15, -0.1) is 11.8 Å². The molecule has 0 saturated heterocycles. The van der Waals surface area contributed by atoms with E-state index in [0.717, 1.165) is 36.3 Å². The molecule has 1 aliphatic heterocycles. The van der Waals surface area contributed by atoms with Crippen LogP contribution in [-0.2, 0) is 15.3 Å². The van der Waals surface area contributed by atoms with Gasteiger partial charge in [-0.2, -0.15) is 0 Å². The van der Waals surface area contributed by atoms with Crippen molar-refractivity contribution in [2.45, 2.75) is 38.9 Å². The van der Waals surface area contributed by atoms with Crippen LogP contribution >= 0.6 is 11.8 Å². The number of nitrogens with zero attached hydrogens (tertiary/aromatic N) is 1. The Morgan fingerprint density at radius 1 is 1.04 bits per heavy atom. The third-order valence-corrected chi connectivity index (χ3v) is 5.60. The quantitative estimate of drug-likeness (QED) is 0.421. The Bertz CT molecular complexity index is 840. The second-order valence-corrected chi connectivity index (χ2v) is 7.48. The van der Waals surface area contributed by atoms with Crippen LogP contribution in [0.1, 0.15) is 44.4 Å². The fraction of sp³-hybridized carbons (Fsp3) is 0.364. The third-order valence-electron chi connectivity index (χ3n) is 4.50. The summed E-state index contributed by atoms with van der Waals surface area (Å²) in [5.74, 6) is 1.60. The highest BCUT2D eigenvalue weighted by molar-refractivity contribution is 8.03. The van der Waals surface area contributed by atoms with E-state index in [1.54, 1.807) is 6.26 Å². The van der Waals surface area contributed by atoms with Crippen molar-refractivity contribution in [1.29, 1.82) is 0 Å². The Morgan fingerprint density at radius 2 is 1.82 bits per heavy atom. The summed E-state index contributed by atoms with van der Waals surface area (Å²) >= 11 is 1.36. The zero-order valence-electron chi connectivity index (χ0n) is 16.3. The first-order chi connectivity index (χ1) is 13.7. The van der Waals surface area contributed by atoms with Crippen molar-refractivity contribution < 1.29 is 18.7 Å². The summed E-state index contributed by atoms with van der Waals surface area (Å²) in [5, 5.41) is 0. The molecule has 2 heterocycles. The molecule has 148 valence electrons. The molecule has 28 heavy (non-hydrogen) atoms. The number of furan rings is 1. The minimum absolute atomic E-state index is 0.207. The zero-order chi connectivity index (χ0) is 19.9. The fourth-order valence-corrected chi connectivity index (χ4v) is 4.12. The number of unbranched alkanes of at least 4 members (excludes halogenated alkanes) is 2. The molecule has 0 atom stereocenters. The van der Waals surface area contributed by atoms with Gasteiger partial charge >= 0.3 is 0 Å². The first-order valence-electron chi connectivity index (χ1n) is 9.64. The van der Waals surface area contributed by atoms with Crippen molar-refractivity contribution in [2.75, 3.05) is 13.2 Å². The first kappa shape index (κ1) is 20.3. The number of hydrogen-bond donors (Lipinski definition) is 0. The van der Waals surface area contributed by atoms with E-state index in [-0.39, 0.29) is 11.8 Å². The lowest BCUT2D eigenvalue weighted by Gasteiger charge is -2.14. The molecule has 1 aliphatic rings. The molecule has 2 aromatic rings. The lowest BCUT2D eigenvalue weighted by molar-refractivity contribution is -0.136. The highest BCUT2D eigenvalue weighted by Crippen LogP contribution is 2.38. The van der Waals surface area contributed by atoms with Crippen LogP contribution in [0.2, 0.25) is 0 Å². The van der Waals surface area contributed by atoms with Gasteiger partial charge in [0.25, 0.3) is 11.8 Å². The molecule has 0 radical (unpaired) electrons. The molecule has 6 heteroatoms. The molecule has 0 saturated carbocycles. The molecule has 5 nitrogen and oxygen atoms in total. The minimum atomic E-state index is -0.216. The van der Waals surface area contributed by atoms with Gasteiger partial charge in [0.15, 0.2) is 0 Å². The molecule has 0 fully saturated rings. The largest absolute Gasteiger partial charge is 0.494 e. The van der Waals surface area contributed by atoms with Crippen LogP contribution in [-0.4, -0.2) is 29.9 Å². The summed E-state index contributed by atoms with van der Waals surface area (Å²) in [5.41, 5.74) is 1.21. The molecule has 0 N–H and O–H groups in total. The standard InChI is InChI=1S/C22H25NO4S/c1-3-5-6-13-23-21(24)19(16-9-11-17(12-10-16)26-4-2)20(22(23)25)28-15-18-8-7-14-27-18/h7-12,14H,3-6,13,15H2,1-2H3. The maximum Gasteiger partial charge on any atom is 0.267 e. The van der Waals surface area contributed by atoms with Crippen molar-refractivity contribution >= 4 is 29.1 Å². The van der Waals surface area contributed by atoms with E-state index in [2.05, 4.69) is 6.92 Å². The van der Waals surface area contributed by atoms with Gasteiger partial charge in [-0.25, -0.2) is 0 Å². The van der Waals surface area contributed by atoms with Gasteiger partial charge < -0.3 is 9.15 Å². The molecule has 0 aliphatic carbocycles. The number of amides is 2. The van der Waals surface area contributed by atoms with Gasteiger partial charge in [0, 0.05) is 6.54 Å². The molecular weight excluding hydrogens is 374 g/mol. The molecule has 2 amide bonds. The second kappa shape index (κ2) is 9.64. The zero-order valence-corrected chi connectivity index (χ0v) is 17.1. The number of rotatable bonds is 10. The predicted octanol–water partition coefficient (Wildman–Crippen LogP) is 4.88. The van der Waals surface area contributed by atoms with Gasteiger partial charge in [-0.3, -0.25) is 14.5 Å². The third kappa shape index (κ3) is 4.50. The number of ether oxygens (including phenoxy) is 1. The molecule has 0 spiro atoms. The number of benzene rings is 1. The van der Waals surface area contributed by atoms with Crippen LogP contribution in [0.4, 0.5) is 0 Å². The van der Waals surface area contributed by atoms with Crippen molar-refractivity contribution in [2.24, 2.45) is 0 Å². The lowest BCUT2D eigenvalue weighted by atomic mass is 10.1. The Balaban J connectivity index is 1.88.